The molecular formula is C15H28O6. The molecule has 124 valence electrons. The second kappa shape index (κ2) is 7.35. The fourth-order valence-corrected chi connectivity index (χ4v) is 3.49. The van der Waals surface area contributed by atoms with Crippen LogP contribution in [0.25, 0.3) is 0 Å². The van der Waals surface area contributed by atoms with Crippen LogP contribution in [-0.2, 0) is 18.9 Å². The molecule has 1 unspecified atom stereocenters. The van der Waals surface area contributed by atoms with Gasteiger partial charge in [-0.15, -0.1) is 0 Å². The van der Waals surface area contributed by atoms with E-state index in [1.165, 1.54) is 20.6 Å². The van der Waals surface area contributed by atoms with Crippen molar-refractivity contribution in [3.05, 3.63) is 0 Å². The van der Waals surface area contributed by atoms with Gasteiger partial charge in [-0.05, 0) is 25.7 Å². The lowest BCUT2D eigenvalue weighted by Crippen LogP contribution is -2.53. The lowest BCUT2D eigenvalue weighted by atomic mass is 9.77. The molecule has 1 aliphatic heterocycles. The van der Waals surface area contributed by atoms with Crippen LogP contribution in [-0.4, -0.2) is 61.4 Å². The summed E-state index contributed by atoms with van der Waals surface area (Å²) < 4.78 is 21.9. The van der Waals surface area contributed by atoms with Gasteiger partial charge in [-0.25, -0.2) is 0 Å². The Balaban J connectivity index is 2.10. The van der Waals surface area contributed by atoms with Crippen molar-refractivity contribution in [2.75, 3.05) is 20.8 Å². The van der Waals surface area contributed by atoms with E-state index in [0.29, 0.717) is 0 Å². The lowest BCUT2D eigenvalue weighted by molar-refractivity contribution is -0.252. The summed E-state index contributed by atoms with van der Waals surface area (Å²) in [5.74, 6) is 0.184. The summed E-state index contributed by atoms with van der Waals surface area (Å²) in [4.78, 5) is 0. The van der Waals surface area contributed by atoms with Gasteiger partial charge in [0, 0.05) is 14.2 Å². The molecule has 2 aliphatic rings. The first kappa shape index (κ1) is 17.1. The summed E-state index contributed by atoms with van der Waals surface area (Å²) in [6, 6.07) is 0. The summed E-state index contributed by atoms with van der Waals surface area (Å²) in [6.45, 7) is 1.59. The average molecular weight is 304 g/mol. The largest absolute Gasteiger partial charge is 0.394 e. The van der Waals surface area contributed by atoms with Gasteiger partial charge in [-0.2, -0.15) is 0 Å². The molecule has 0 amide bonds. The second-order valence-corrected chi connectivity index (χ2v) is 6.16. The number of aliphatic hydroxyl groups is 2. The van der Waals surface area contributed by atoms with Gasteiger partial charge in [-0.3, -0.25) is 0 Å². The first-order chi connectivity index (χ1) is 10.1. The molecule has 1 saturated heterocycles. The number of hydrogen-bond donors (Lipinski definition) is 2. The third-order valence-electron chi connectivity index (χ3n) is 4.84. The minimum absolute atomic E-state index is 0.184. The molecule has 2 fully saturated rings. The van der Waals surface area contributed by atoms with Crippen molar-refractivity contribution in [3.8, 4) is 0 Å². The maximum atomic E-state index is 10.8. The van der Waals surface area contributed by atoms with Crippen molar-refractivity contribution in [2.45, 2.75) is 69.4 Å². The Kier molecular flexibility index (Phi) is 5.99. The summed E-state index contributed by atoms with van der Waals surface area (Å²) in [5, 5.41) is 20.4. The summed E-state index contributed by atoms with van der Waals surface area (Å²) >= 11 is 0. The maximum Gasteiger partial charge on any atom is 0.210 e. The van der Waals surface area contributed by atoms with Crippen LogP contribution in [0.15, 0.2) is 0 Å². The minimum atomic E-state index is -0.948. The van der Waals surface area contributed by atoms with Crippen molar-refractivity contribution in [3.63, 3.8) is 0 Å². The molecule has 0 bridgehead atoms. The first-order valence-electron chi connectivity index (χ1n) is 7.74. The van der Waals surface area contributed by atoms with Crippen molar-refractivity contribution in [1.29, 1.82) is 0 Å². The van der Waals surface area contributed by atoms with Gasteiger partial charge in [0.25, 0.3) is 0 Å². The van der Waals surface area contributed by atoms with Crippen molar-refractivity contribution in [2.24, 2.45) is 5.92 Å². The highest BCUT2D eigenvalue weighted by Crippen LogP contribution is 2.40. The topological polar surface area (TPSA) is 77.4 Å². The normalized spacial score (nSPS) is 36.3. The SMILES string of the molecule is COC(OC)C1O[C@@H](CO)[C@@](C)([C@@H](O)C2CCCCC2)O1. The molecule has 4 atom stereocenters. The number of rotatable bonds is 6. The quantitative estimate of drug-likeness (QED) is 0.714. The van der Waals surface area contributed by atoms with Crippen LogP contribution in [0.1, 0.15) is 39.0 Å². The van der Waals surface area contributed by atoms with E-state index in [1.54, 1.807) is 6.92 Å². The molecule has 2 N–H and O–H groups in total. The van der Waals surface area contributed by atoms with Crippen LogP contribution in [0.5, 0.6) is 0 Å². The standard InChI is InChI=1S/C15H28O6/c1-15(12(17)10-7-5-4-6-8-10)11(9-16)20-14(21-15)13(18-2)19-3/h10-14,16-17H,4-9H2,1-3H3/t11-,12-,14?,15-/m0/s1. The molecule has 0 spiro atoms. The molecular weight excluding hydrogens is 276 g/mol. The van der Waals surface area contributed by atoms with E-state index in [-0.39, 0.29) is 12.5 Å². The molecule has 0 aromatic carbocycles. The van der Waals surface area contributed by atoms with Gasteiger partial charge >= 0.3 is 0 Å². The number of aliphatic hydroxyl groups excluding tert-OH is 2. The summed E-state index contributed by atoms with van der Waals surface area (Å²) in [5.41, 5.74) is -0.948. The molecule has 2 rings (SSSR count). The minimum Gasteiger partial charge on any atom is -0.394 e. The highest BCUT2D eigenvalue weighted by molar-refractivity contribution is 4.99. The van der Waals surface area contributed by atoms with Gasteiger partial charge < -0.3 is 29.2 Å². The Morgan fingerprint density at radius 3 is 2.33 bits per heavy atom. The van der Waals surface area contributed by atoms with Gasteiger partial charge in [0.2, 0.25) is 12.6 Å². The molecule has 1 aliphatic carbocycles. The molecule has 1 heterocycles. The smallest absolute Gasteiger partial charge is 0.210 e. The zero-order valence-corrected chi connectivity index (χ0v) is 13.2. The van der Waals surface area contributed by atoms with Crippen LogP contribution in [0.4, 0.5) is 0 Å². The van der Waals surface area contributed by atoms with E-state index in [1.807, 2.05) is 0 Å². The fourth-order valence-electron chi connectivity index (χ4n) is 3.49. The molecule has 6 heteroatoms. The first-order valence-corrected chi connectivity index (χ1v) is 7.74. The van der Waals surface area contributed by atoms with Crippen molar-refractivity contribution < 1.29 is 29.2 Å². The lowest BCUT2D eigenvalue weighted by Gasteiger charge is -2.38. The Labute approximate surface area is 126 Å². The highest BCUT2D eigenvalue weighted by atomic mass is 16.8. The van der Waals surface area contributed by atoms with Crippen molar-refractivity contribution in [1.82, 2.24) is 0 Å². The molecule has 1 saturated carbocycles. The van der Waals surface area contributed by atoms with Crippen LogP contribution < -0.4 is 0 Å². The Bertz CT molecular complexity index is 315. The van der Waals surface area contributed by atoms with E-state index in [9.17, 15) is 10.2 Å². The predicted molar refractivity (Wildman–Crippen MR) is 75.6 cm³/mol. The average Bonchev–Trinajstić information content (AvgIpc) is 2.86. The van der Waals surface area contributed by atoms with E-state index < -0.39 is 30.4 Å². The monoisotopic (exact) mass is 304 g/mol. The van der Waals surface area contributed by atoms with Crippen LogP contribution in [0.3, 0.4) is 0 Å². The number of ether oxygens (including phenoxy) is 4. The van der Waals surface area contributed by atoms with Crippen LogP contribution in [0.2, 0.25) is 0 Å². The highest BCUT2D eigenvalue weighted by Gasteiger charge is 2.54. The molecule has 0 aromatic rings. The van der Waals surface area contributed by atoms with E-state index in [4.69, 9.17) is 18.9 Å². The Morgan fingerprint density at radius 2 is 1.81 bits per heavy atom. The van der Waals surface area contributed by atoms with Gasteiger partial charge in [-0.1, -0.05) is 19.3 Å². The Morgan fingerprint density at radius 1 is 1.19 bits per heavy atom. The van der Waals surface area contributed by atoms with E-state index >= 15 is 0 Å². The van der Waals surface area contributed by atoms with Gasteiger partial charge in [0.05, 0.1) is 12.7 Å². The summed E-state index contributed by atoms with van der Waals surface area (Å²) in [6.07, 6.45) is 2.76. The van der Waals surface area contributed by atoms with Crippen molar-refractivity contribution >= 4 is 0 Å². The molecule has 21 heavy (non-hydrogen) atoms. The molecule has 0 aromatic heterocycles. The maximum absolute atomic E-state index is 10.8. The van der Waals surface area contributed by atoms with Crippen LogP contribution in [0, 0.1) is 5.92 Å². The van der Waals surface area contributed by atoms with Crippen LogP contribution >= 0.6 is 0 Å². The number of hydrogen-bond acceptors (Lipinski definition) is 6. The summed E-state index contributed by atoms with van der Waals surface area (Å²) in [7, 11) is 3.00. The van der Waals surface area contributed by atoms with Gasteiger partial charge in [0.15, 0.2) is 0 Å². The molecule has 0 radical (unpaired) electrons. The van der Waals surface area contributed by atoms with Gasteiger partial charge in [0.1, 0.15) is 11.7 Å². The zero-order chi connectivity index (χ0) is 15.5. The second-order valence-electron chi connectivity index (χ2n) is 6.16. The molecule has 6 nitrogen and oxygen atoms in total. The fraction of sp³-hybridized carbons (Fsp3) is 1.00. The zero-order valence-electron chi connectivity index (χ0n) is 13.2. The number of methoxy groups -OCH3 is 2. The predicted octanol–water partition coefficient (Wildman–Crippen LogP) is 1.04. The van der Waals surface area contributed by atoms with E-state index in [0.717, 1.165) is 25.7 Å². The third-order valence-corrected chi connectivity index (χ3v) is 4.84. The van der Waals surface area contributed by atoms with E-state index in [2.05, 4.69) is 0 Å². The Hall–Kier alpha value is -0.240. The third kappa shape index (κ3) is 3.41.